The summed E-state index contributed by atoms with van der Waals surface area (Å²) in [7, 11) is 0. The number of nitrogens with one attached hydrogen (secondary N) is 1. The normalized spacial score (nSPS) is 13.5. The van der Waals surface area contributed by atoms with Gasteiger partial charge in [0, 0.05) is 0 Å². The van der Waals surface area contributed by atoms with Crippen LogP contribution in [0.5, 0.6) is 5.75 Å². The third-order valence-electron chi connectivity index (χ3n) is 3.24. The van der Waals surface area contributed by atoms with Crippen LogP contribution in [0.1, 0.15) is 38.7 Å². The van der Waals surface area contributed by atoms with Crippen molar-refractivity contribution in [2.75, 3.05) is 13.2 Å². The minimum Gasteiger partial charge on any atom is -0.493 e. The fraction of sp³-hybridized carbons (Fsp3) is 0.500. The van der Waals surface area contributed by atoms with Crippen molar-refractivity contribution in [3.8, 4) is 5.75 Å². The van der Waals surface area contributed by atoms with Gasteiger partial charge in [0.1, 0.15) is 5.75 Å². The van der Waals surface area contributed by atoms with Crippen molar-refractivity contribution < 1.29 is 24.5 Å². The highest BCUT2D eigenvalue weighted by molar-refractivity contribution is 5.80. The standard InChI is InChI=1S/C16H23NO5/c1-11(2)12-4-6-13(7-5-12)22-9-8-14(18)17-10-16(3,21)15(19)20/h4-7,11,21H,8-10H2,1-3H3,(H,17,18)(H,19,20). The van der Waals surface area contributed by atoms with E-state index >= 15 is 0 Å². The van der Waals surface area contributed by atoms with Gasteiger partial charge in [-0.3, -0.25) is 4.79 Å². The Morgan fingerprint density at radius 3 is 2.36 bits per heavy atom. The number of carbonyl (C=O) groups excluding carboxylic acids is 1. The quantitative estimate of drug-likeness (QED) is 0.677. The molecule has 122 valence electrons. The third-order valence-corrected chi connectivity index (χ3v) is 3.24. The number of aliphatic carboxylic acids is 1. The minimum atomic E-state index is -1.97. The van der Waals surface area contributed by atoms with Gasteiger partial charge in [-0.2, -0.15) is 0 Å². The van der Waals surface area contributed by atoms with Gasteiger partial charge >= 0.3 is 5.97 Å². The largest absolute Gasteiger partial charge is 0.493 e. The van der Waals surface area contributed by atoms with Crippen LogP contribution in [0.3, 0.4) is 0 Å². The van der Waals surface area contributed by atoms with Crippen LogP contribution in [0.4, 0.5) is 0 Å². The molecule has 1 rings (SSSR count). The molecule has 0 saturated carbocycles. The highest BCUT2D eigenvalue weighted by Gasteiger charge is 2.30. The van der Waals surface area contributed by atoms with E-state index in [0.717, 1.165) is 6.92 Å². The van der Waals surface area contributed by atoms with E-state index in [1.54, 1.807) is 0 Å². The zero-order chi connectivity index (χ0) is 16.8. The summed E-state index contributed by atoms with van der Waals surface area (Å²) in [6.07, 6.45) is 0.0850. The van der Waals surface area contributed by atoms with Crippen molar-refractivity contribution in [2.45, 2.75) is 38.7 Å². The molecule has 0 heterocycles. The SMILES string of the molecule is CC(C)c1ccc(OCCC(=O)NCC(C)(O)C(=O)O)cc1. The van der Waals surface area contributed by atoms with Crippen molar-refractivity contribution >= 4 is 11.9 Å². The Bertz CT molecular complexity index is 508. The molecule has 6 heteroatoms. The Morgan fingerprint density at radius 2 is 1.86 bits per heavy atom. The van der Waals surface area contributed by atoms with Crippen molar-refractivity contribution in [3.05, 3.63) is 29.8 Å². The van der Waals surface area contributed by atoms with Crippen LogP contribution in [-0.4, -0.2) is 40.8 Å². The van der Waals surface area contributed by atoms with Crippen LogP contribution in [0.2, 0.25) is 0 Å². The van der Waals surface area contributed by atoms with E-state index in [2.05, 4.69) is 19.2 Å². The van der Waals surface area contributed by atoms with Crippen LogP contribution < -0.4 is 10.1 Å². The number of carboxylic acid groups (broad SMARTS) is 1. The first-order valence-corrected chi connectivity index (χ1v) is 7.17. The molecular formula is C16H23NO5. The molecule has 0 aliphatic rings. The Kier molecular flexibility index (Phi) is 6.37. The maximum Gasteiger partial charge on any atom is 0.337 e. The molecule has 0 aromatic heterocycles. The van der Waals surface area contributed by atoms with Gasteiger partial charge in [0.25, 0.3) is 0 Å². The molecule has 0 aliphatic carbocycles. The summed E-state index contributed by atoms with van der Waals surface area (Å²) >= 11 is 0. The molecule has 1 amide bonds. The fourth-order valence-corrected chi connectivity index (χ4v) is 1.65. The first kappa shape index (κ1) is 18.0. The van der Waals surface area contributed by atoms with Crippen molar-refractivity contribution in [2.24, 2.45) is 0 Å². The number of rotatable bonds is 8. The summed E-state index contributed by atoms with van der Waals surface area (Å²) in [5.41, 5.74) is -0.760. The molecule has 0 aliphatic heterocycles. The van der Waals surface area contributed by atoms with Gasteiger partial charge in [0.05, 0.1) is 19.6 Å². The van der Waals surface area contributed by atoms with E-state index in [9.17, 15) is 14.7 Å². The van der Waals surface area contributed by atoms with E-state index in [0.29, 0.717) is 11.7 Å². The third kappa shape index (κ3) is 5.73. The molecule has 0 fully saturated rings. The van der Waals surface area contributed by atoms with Crippen LogP contribution in [0.15, 0.2) is 24.3 Å². The summed E-state index contributed by atoms with van der Waals surface area (Å²) in [6, 6.07) is 7.65. The number of hydrogen-bond acceptors (Lipinski definition) is 4. The minimum absolute atomic E-state index is 0.0850. The monoisotopic (exact) mass is 309 g/mol. The molecule has 3 N–H and O–H groups in total. The van der Waals surface area contributed by atoms with Gasteiger partial charge in [-0.05, 0) is 30.5 Å². The lowest BCUT2D eigenvalue weighted by molar-refractivity contribution is -0.156. The van der Waals surface area contributed by atoms with E-state index in [1.165, 1.54) is 5.56 Å². The van der Waals surface area contributed by atoms with Crippen LogP contribution >= 0.6 is 0 Å². The molecular weight excluding hydrogens is 286 g/mol. The first-order valence-electron chi connectivity index (χ1n) is 7.17. The maximum absolute atomic E-state index is 11.6. The molecule has 0 saturated heterocycles. The van der Waals surface area contributed by atoms with Crippen LogP contribution in [-0.2, 0) is 9.59 Å². The Balaban J connectivity index is 2.32. The lowest BCUT2D eigenvalue weighted by Gasteiger charge is -2.18. The molecule has 0 bridgehead atoms. The number of amides is 1. The molecule has 1 unspecified atom stereocenters. The second-order valence-corrected chi connectivity index (χ2v) is 5.68. The second-order valence-electron chi connectivity index (χ2n) is 5.68. The zero-order valence-corrected chi connectivity index (χ0v) is 13.1. The predicted molar refractivity (Wildman–Crippen MR) is 81.9 cm³/mol. The van der Waals surface area contributed by atoms with E-state index in [1.807, 2.05) is 24.3 Å². The number of carboxylic acids is 1. The summed E-state index contributed by atoms with van der Waals surface area (Å²) in [6.45, 7) is 5.17. The van der Waals surface area contributed by atoms with Gasteiger partial charge in [0.15, 0.2) is 5.60 Å². The molecule has 1 aromatic rings. The molecule has 6 nitrogen and oxygen atoms in total. The van der Waals surface area contributed by atoms with E-state index in [4.69, 9.17) is 9.84 Å². The van der Waals surface area contributed by atoms with Gasteiger partial charge in [-0.25, -0.2) is 4.79 Å². The van der Waals surface area contributed by atoms with Crippen molar-refractivity contribution in [1.82, 2.24) is 5.32 Å². The fourth-order valence-electron chi connectivity index (χ4n) is 1.65. The summed E-state index contributed by atoms with van der Waals surface area (Å²) < 4.78 is 5.45. The Labute approximate surface area is 130 Å². The van der Waals surface area contributed by atoms with Crippen molar-refractivity contribution in [3.63, 3.8) is 0 Å². The van der Waals surface area contributed by atoms with E-state index < -0.39 is 11.6 Å². The number of ether oxygens (including phenoxy) is 1. The zero-order valence-electron chi connectivity index (χ0n) is 13.1. The van der Waals surface area contributed by atoms with Crippen LogP contribution in [0.25, 0.3) is 0 Å². The molecule has 0 radical (unpaired) electrons. The lowest BCUT2D eigenvalue weighted by atomic mass is 10.0. The highest BCUT2D eigenvalue weighted by atomic mass is 16.5. The lowest BCUT2D eigenvalue weighted by Crippen LogP contribution is -2.46. The van der Waals surface area contributed by atoms with E-state index in [-0.39, 0.29) is 25.5 Å². The Hall–Kier alpha value is -2.08. The topological polar surface area (TPSA) is 95.9 Å². The number of hydrogen-bond donors (Lipinski definition) is 3. The smallest absolute Gasteiger partial charge is 0.337 e. The highest BCUT2D eigenvalue weighted by Crippen LogP contribution is 2.18. The molecule has 0 spiro atoms. The second kappa shape index (κ2) is 7.79. The van der Waals surface area contributed by atoms with Gasteiger partial charge in [0.2, 0.25) is 5.91 Å². The summed E-state index contributed by atoms with van der Waals surface area (Å²) in [5, 5.41) is 20.5. The molecule has 1 atom stereocenters. The average molecular weight is 309 g/mol. The molecule has 1 aromatic carbocycles. The summed E-state index contributed by atoms with van der Waals surface area (Å²) in [5.74, 6) is -0.633. The molecule has 22 heavy (non-hydrogen) atoms. The van der Waals surface area contributed by atoms with Gasteiger partial charge in [-0.1, -0.05) is 26.0 Å². The number of carbonyl (C=O) groups is 2. The Morgan fingerprint density at radius 1 is 1.27 bits per heavy atom. The number of benzene rings is 1. The number of aliphatic hydroxyl groups is 1. The predicted octanol–water partition coefficient (Wildman–Crippen LogP) is 1.53. The van der Waals surface area contributed by atoms with Crippen LogP contribution in [0, 0.1) is 0 Å². The average Bonchev–Trinajstić information content (AvgIpc) is 2.45. The van der Waals surface area contributed by atoms with Crippen molar-refractivity contribution in [1.29, 1.82) is 0 Å². The summed E-state index contributed by atoms with van der Waals surface area (Å²) in [4.78, 5) is 22.2. The first-order chi connectivity index (χ1) is 10.2. The van der Waals surface area contributed by atoms with Gasteiger partial charge in [-0.15, -0.1) is 0 Å². The maximum atomic E-state index is 11.6. The van der Waals surface area contributed by atoms with Gasteiger partial charge < -0.3 is 20.3 Å².